The summed E-state index contributed by atoms with van der Waals surface area (Å²) >= 11 is 1.85. The largest absolute Gasteiger partial charge is 0.469 e. The highest BCUT2D eigenvalue weighted by Gasteiger charge is 2.31. The monoisotopic (exact) mass is 321 g/mol. The summed E-state index contributed by atoms with van der Waals surface area (Å²) in [4.78, 5) is 13.8. The van der Waals surface area contributed by atoms with Gasteiger partial charge in [-0.25, -0.2) is 8.42 Å². The van der Waals surface area contributed by atoms with Crippen molar-refractivity contribution in [3.8, 4) is 0 Å². The number of methoxy groups -OCH3 is 1. The summed E-state index contributed by atoms with van der Waals surface area (Å²) in [6.45, 7) is 1.73. The van der Waals surface area contributed by atoms with Gasteiger partial charge in [0.05, 0.1) is 25.0 Å². The molecule has 5 nitrogen and oxygen atoms in total. The van der Waals surface area contributed by atoms with Crippen molar-refractivity contribution < 1.29 is 17.9 Å². The predicted molar refractivity (Wildman–Crippen MR) is 80.7 cm³/mol. The van der Waals surface area contributed by atoms with Crippen LogP contribution in [0.2, 0.25) is 0 Å². The van der Waals surface area contributed by atoms with Crippen molar-refractivity contribution in [3.63, 3.8) is 0 Å². The van der Waals surface area contributed by atoms with Crippen LogP contribution in [0.5, 0.6) is 0 Å². The molecule has 0 aromatic rings. The second-order valence-corrected chi connectivity index (χ2v) is 9.01. The Morgan fingerprint density at radius 1 is 1.45 bits per heavy atom. The summed E-state index contributed by atoms with van der Waals surface area (Å²) in [5.41, 5.74) is 0. The van der Waals surface area contributed by atoms with Gasteiger partial charge in [0, 0.05) is 30.6 Å². The minimum Gasteiger partial charge on any atom is -0.469 e. The second kappa shape index (κ2) is 7.13. The summed E-state index contributed by atoms with van der Waals surface area (Å²) in [6.07, 6.45) is 2.16. The van der Waals surface area contributed by atoms with Crippen molar-refractivity contribution in [3.05, 3.63) is 0 Å². The Morgan fingerprint density at radius 2 is 2.25 bits per heavy atom. The Bertz CT molecular complexity index is 438. The molecule has 2 atom stereocenters. The molecule has 2 fully saturated rings. The molecule has 20 heavy (non-hydrogen) atoms. The third-order valence-electron chi connectivity index (χ3n) is 4.03. The molecule has 2 unspecified atom stereocenters. The Kier molecular flexibility index (Phi) is 5.74. The summed E-state index contributed by atoms with van der Waals surface area (Å²) in [7, 11) is -1.44. The van der Waals surface area contributed by atoms with Gasteiger partial charge in [0.1, 0.15) is 0 Å². The highest BCUT2D eigenvalue weighted by atomic mass is 32.2. The van der Waals surface area contributed by atoms with Crippen LogP contribution in [0.1, 0.15) is 19.3 Å². The van der Waals surface area contributed by atoms with Gasteiger partial charge in [-0.3, -0.25) is 9.69 Å². The quantitative estimate of drug-likeness (QED) is 0.714. The maximum Gasteiger partial charge on any atom is 0.307 e. The molecule has 0 saturated carbocycles. The fourth-order valence-electron chi connectivity index (χ4n) is 2.99. The standard InChI is InChI=1S/C13H23NO4S2/c1-18-13(15)7-12-9-19-5-4-14(12)8-11-3-2-6-20(16,17)10-11/h11-12H,2-10H2,1H3. The molecule has 2 aliphatic heterocycles. The molecule has 0 aromatic heterocycles. The lowest BCUT2D eigenvalue weighted by Gasteiger charge is -2.37. The molecule has 7 heteroatoms. The van der Waals surface area contributed by atoms with Gasteiger partial charge in [0.15, 0.2) is 9.84 Å². The Balaban J connectivity index is 1.92. The van der Waals surface area contributed by atoms with Crippen molar-refractivity contribution in [2.45, 2.75) is 25.3 Å². The number of hydrogen-bond donors (Lipinski definition) is 0. The van der Waals surface area contributed by atoms with Crippen molar-refractivity contribution >= 4 is 27.6 Å². The van der Waals surface area contributed by atoms with Gasteiger partial charge in [0.2, 0.25) is 0 Å². The smallest absolute Gasteiger partial charge is 0.307 e. The average molecular weight is 321 g/mol. The SMILES string of the molecule is COC(=O)CC1CSCCN1CC1CCCS(=O)(=O)C1. The van der Waals surface area contributed by atoms with Gasteiger partial charge >= 0.3 is 5.97 Å². The van der Waals surface area contributed by atoms with Crippen LogP contribution >= 0.6 is 11.8 Å². The zero-order valence-corrected chi connectivity index (χ0v) is 13.5. The van der Waals surface area contributed by atoms with Crippen LogP contribution in [-0.2, 0) is 19.4 Å². The number of thioether (sulfide) groups is 1. The fourth-order valence-corrected chi connectivity index (χ4v) is 5.88. The van der Waals surface area contributed by atoms with Crippen molar-refractivity contribution in [1.29, 1.82) is 0 Å². The van der Waals surface area contributed by atoms with Crippen LogP contribution in [0.3, 0.4) is 0 Å². The van der Waals surface area contributed by atoms with E-state index in [4.69, 9.17) is 4.74 Å². The Hall–Kier alpha value is -0.270. The maximum atomic E-state index is 11.7. The van der Waals surface area contributed by atoms with Crippen LogP contribution in [0, 0.1) is 5.92 Å². The van der Waals surface area contributed by atoms with Crippen molar-refractivity contribution in [2.75, 3.05) is 43.2 Å². The molecule has 0 N–H and O–H groups in total. The number of rotatable bonds is 4. The van der Waals surface area contributed by atoms with Crippen molar-refractivity contribution in [2.24, 2.45) is 5.92 Å². The number of carbonyl (C=O) groups excluding carboxylic acids is 1. The van der Waals surface area contributed by atoms with E-state index in [9.17, 15) is 13.2 Å². The van der Waals surface area contributed by atoms with Crippen LogP contribution < -0.4 is 0 Å². The van der Waals surface area contributed by atoms with E-state index in [1.165, 1.54) is 7.11 Å². The normalized spacial score (nSPS) is 30.9. The molecule has 2 aliphatic rings. The molecule has 0 amide bonds. The van der Waals surface area contributed by atoms with Crippen LogP contribution in [0.15, 0.2) is 0 Å². The van der Waals surface area contributed by atoms with Gasteiger partial charge < -0.3 is 4.74 Å². The first kappa shape index (κ1) is 16.1. The summed E-state index contributed by atoms with van der Waals surface area (Å²) in [5.74, 6) is 2.66. The molecule has 0 bridgehead atoms. The lowest BCUT2D eigenvalue weighted by Crippen LogP contribution is -2.47. The Morgan fingerprint density at radius 3 is 2.95 bits per heavy atom. The molecular weight excluding hydrogens is 298 g/mol. The van der Waals surface area contributed by atoms with E-state index >= 15 is 0 Å². The molecule has 2 rings (SSSR count). The molecule has 0 aliphatic carbocycles. The first-order valence-electron chi connectivity index (χ1n) is 7.09. The molecule has 0 radical (unpaired) electrons. The minimum absolute atomic E-state index is 0.182. The van der Waals surface area contributed by atoms with Gasteiger partial charge in [-0.15, -0.1) is 0 Å². The van der Waals surface area contributed by atoms with E-state index < -0.39 is 9.84 Å². The third kappa shape index (κ3) is 4.63. The van der Waals surface area contributed by atoms with Crippen LogP contribution in [-0.4, -0.2) is 68.5 Å². The number of hydrogen-bond acceptors (Lipinski definition) is 6. The summed E-state index contributed by atoms with van der Waals surface area (Å²) in [5, 5.41) is 0. The molecule has 0 spiro atoms. The number of esters is 1. The van der Waals surface area contributed by atoms with E-state index in [1.54, 1.807) is 0 Å². The first-order chi connectivity index (χ1) is 9.50. The summed E-state index contributed by atoms with van der Waals surface area (Å²) < 4.78 is 28.2. The van der Waals surface area contributed by atoms with E-state index in [0.717, 1.165) is 37.4 Å². The number of ether oxygens (including phenoxy) is 1. The zero-order chi connectivity index (χ0) is 14.6. The van der Waals surface area contributed by atoms with Crippen molar-refractivity contribution in [1.82, 2.24) is 4.90 Å². The zero-order valence-electron chi connectivity index (χ0n) is 11.9. The number of carbonyl (C=O) groups is 1. The minimum atomic E-state index is -2.85. The molecule has 2 heterocycles. The lowest BCUT2D eigenvalue weighted by atomic mass is 10.0. The highest BCUT2D eigenvalue weighted by molar-refractivity contribution is 7.99. The van der Waals surface area contributed by atoms with E-state index in [2.05, 4.69) is 4.90 Å². The lowest BCUT2D eigenvalue weighted by molar-refractivity contribution is -0.141. The van der Waals surface area contributed by atoms with E-state index in [1.807, 2.05) is 11.8 Å². The summed E-state index contributed by atoms with van der Waals surface area (Å²) in [6, 6.07) is 0.186. The van der Waals surface area contributed by atoms with Gasteiger partial charge in [-0.1, -0.05) is 0 Å². The maximum absolute atomic E-state index is 11.7. The fraction of sp³-hybridized carbons (Fsp3) is 0.923. The van der Waals surface area contributed by atoms with Gasteiger partial charge in [0.25, 0.3) is 0 Å². The Labute approximate surface area is 125 Å². The van der Waals surface area contributed by atoms with Gasteiger partial charge in [-0.05, 0) is 18.8 Å². The average Bonchev–Trinajstić information content (AvgIpc) is 2.39. The third-order valence-corrected chi connectivity index (χ3v) is 7.01. The molecular formula is C13H23NO4S2. The number of nitrogens with zero attached hydrogens (tertiary/aromatic N) is 1. The highest BCUT2D eigenvalue weighted by Crippen LogP contribution is 2.24. The van der Waals surface area contributed by atoms with Crippen LogP contribution in [0.25, 0.3) is 0 Å². The molecule has 2 saturated heterocycles. The van der Waals surface area contributed by atoms with E-state index in [0.29, 0.717) is 17.9 Å². The second-order valence-electron chi connectivity index (χ2n) is 5.63. The number of sulfone groups is 1. The molecule has 0 aromatic carbocycles. The topological polar surface area (TPSA) is 63.7 Å². The van der Waals surface area contributed by atoms with E-state index in [-0.39, 0.29) is 17.9 Å². The first-order valence-corrected chi connectivity index (χ1v) is 10.1. The van der Waals surface area contributed by atoms with Gasteiger partial charge in [-0.2, -0.15) is 11.8 Å². The predicted octanol–water partition coefficient (Wildman–Crippen LogP) is 0.792. The van der Waals surface area contributed by atoms with Crippen LogP contribution in [0.4, 0.5) is 0 Å². The molecule has 116 valence electrons.